The molecule has 0 fully saturated rings. The zero-order valence-electron chi connectivity index (χ0n) is 13.2. The van der Waals surface area contributed by atoms with Crippen molar-refractivity contribution in [2.75, 3.05) is 0 Å². The van der Waals surface area contributed by atoms with Crippen LogP contribution in [0.25, 0.3) is 10.2 Å². The first-order valence-electron chi connectivity index (χ1n) is 7.55. The number of rotatable bonds is 6. The van der Waals surface area contributed by atoms with Crippen molar-refractivity contribution in [2.24, 2.45) is 0 Å². The highest BCUT2D eigenvalue weighted by atomic mass is 79.9. The average molecular weight is 468 g/mol. The lowest BCUT2D eigenvalue weighted by molar-refractivity contribution is 0.426. The third kappa shape index (κ3) is 4.28. The van der Waals surface area contributed by atoms with Crippen molar-refractivity contribution in [1.29, 1.82) is 0 Å². The predicted molar refractivity (Wildman–Crippen MR) is 107 cm³/mol. The molecule has 2 aromatic carbocycles. The Morgan fingerprint density at radius 1 is 1.08 bits per heavy atom. The van der Waals surface area contributed by atoms with Crippen LogP contribution in [0.4, 0.5) is 4.39 Å². The average Bonchev–Trinajstić information content (AvgIpc) is 3.25. The predicted octanol–water partition coefficient (Wildman–Crippen LogP) is 6.17. The van der Waals surface area contributed by atoms with Crippen molar-refractivity contribution < 1.29 is 8.81 Å². The molecular formula is C17H11BrFN3OS3. The Morgan fingerprint density at radius 2 is 1.96 bits per heavy atom. The van der Waals surface area contributed by atoms with Crippen LogP contribution in [0.2, 0.25) is 0 Å². The fraction of sp³-hybridized carbons (Fsp3) is 0.118. The number of halogens is 2. The quantitative estimate of drug-likeness (QED) is 0.316. The Morgan fingerprint density at radius 3 is 2.81 bits per heavy atom. The first kappa shape index (κ1) is 18.0. The van der Waals surface area contributed by atoms with E-state index >= 15 is 0 Å². The molecule has 0 saturated heterocycles. The summed E-state index contributed by atoms with van der Waals surface area (Å²) < 4.78 is 22.3. The van der Waals surface area contributed by atoms with Gasteiger partial charge >= 0.3 is 0 Å². The number of thiazole rings is 1. The number of aromatic nitrogens is 3. The lowest BCUT2D eigenvalue weighted by Gasteiger charge is -2.01. The third-order valence-corrected chi connectivity index (χ3v) is 6.93. The second kappa shape index (κ2) is 8.08. The molecule has 26 heavy (non-hydrogen) atoms. The van der Waals surface area contributed by atoms with Gasteiger partial charge in [0.15, 0.2) is 4.34 Å². The summed E-state index contributed by atoms with van der Waals surface area (Å²) in [6.45, 7) is 0. The van der Waals surface area contributed by atoms with Gasteiger partial charge in [0, 0.05) is 10.2 Å². The van der Waals surface area contributed by atoms with Crippen molar-refractivity contribution in [3.8, 4) is 0 Å². The Balaban J connectivity index is 1.35. The van der Waals surface area contributed by atoms with Crippen LogP contribution in [-0.2, 0) is 11.5 Å². The molecule has 0 aliphatic heterocycles. The number of fused-ring (bicyclic) bond motifs is 1. The fourth-order valence-electron chi connectivity index (χ4n) is 2.17. The lowest BCUT2D eigenvalue weighted by Crippen LogP contribution is -1.87. The lowest BCUT2D eigenvalue weighted by atomic mass is 10.2. The number of hydrogen-bond acceptors (Lipinski definition) is 7. The Bertz CT molecular complexity index is 1020. The molecule has 4 rings (SSSR count). The van der Waals surface area contributed by atoms with Gasteiger partial charge < -0.3 is 4.42 Å². The maximum Gasteiger partial charge on any atom is 0.276 e. The highest BCUT2D eigenvalue weighted by molar-refractivity contribution is 9.10. The first-order valence-corrected chi connectivity index (χ1v) is 11.1. The van der Waals surface area contributed by atoms with Crippen LogP contribution in [0.5, 0.6) is 0 Å². The molecule has 0 aliphatic carbocycles. The summed E-state index contributed by atoms with van der Waals surface area (Å²) >= 11 is 7.78. The van der Waals surface area contributed by atoms with Crippen LogP contribution in [0.1, 0.15) is 11.5 Å². The van der Waals surface area contributed by atoms with E-state index in [4.69, 9.17) is 4.42 Å². The molecule has 4 aromatic rings. The summed E-state index contributed by atoms with van der Waals surface area (Å²) in [6.07, 6.45) is 0. The maximum atomic E-state index is 13.8. The van der Waals surface area contributed by atoms with Gasteiger partial charge in [0.25, 0.3) is 5.22 Å². The van der Waals surface area contributed by atoms with Gasteiger partial charge in [-0.05, 0) is 29.8 Å². The SMILES string of the molecule is Fc1cc(Br)ccc1CSc1nnc(CSc2nc3ccccc3s2)o1. The van der Waals surface area contributed by atoms with E-state index in [1.54, 1.807) is 29.2 Å². The molecule has 9 heteroatoms. The summed E-state index contributed by atoms with van der Waals surface area (Å²) in [5.41, 5.74) is 1.60. The van der Waals surface area contributed by atoms with Crippen LogP contribution >= 0.6 is 50.8 Å². The zero-order chi connectivity index (χ0) is 17.9. The van der Waals surface area contributed by atoms with Crippen molar-refractivity contribution in [3.63, 3.8) is 0 Å². The monoisotopic (exact) mass is 467 g/mol. The molecule has 0 spiro atoms. The molecular weight excluding hydrogens is 457 g/mol. The van der Waals surface area contributed by atoms with Crippen LogP contribution in [0.3, 0.4) is 0 Å². The minimum atomic E-state index is -0.252. The number of para-hydroxylation sites is 1. The van der Waals surface area contributed by atoms with E-state index in [2.05, 4.69) is 37.2 Å². The maximum absolute atomic E-state index is 13.8. The highest BCUT2D eigenvalue weighted by Gasteiger charge is 2.11. The summed E-state index contributed by atoms with van der Waals surface area (Å²) in [4.78, 5) is 4.57. The third-order valence-electron chi connectivity index (χ3n) is 3.41. The second-order valence-electron chi connectivity index (χ2n) is 5.22. The summed E-state index contributed by atoms with van der Waals surface area (Å²) in [5, 5.41) is 8.51. The van der Waals surface area contributed by atoms with E-state index in [9.17, 15) is 4.39 Å². The van der Waals surface area contributed by atoms with E-state index < -0.39 is 0 Å². The van der Waals surface area contributed by atoms with E-state index in [0.29, 0.717) is 28.2 Å². The molecule has 0 saturated carbocycles. The fourth-order valence-corrected chi connectivity index (χ4v) is 5.17. The molecule has 0 N–H and O–H groups in total. The normalized spacial score (nSPS) is 11.3. The van der Waals surface area contributed by atoms with Gasteiger partial charge in [-0.2, -0.15) is 0 Å². The van der Waals surface area contributed by atoms with Gasteiger partial charge in [0.2, 0.25) is 5.89 Å². The Kier molecular flexibility index (Phi) is 5.58. The molecule has 0 radical (unpaired) electrons. The Hall–Kier alpha value is -1.42. The minimum absolute atomic E-state index is 0.252. The molecule has 0 unspecified atom stereocenters. The van der Waals surface area contributed by atoms with E-state index in [1.807, 2.05) is 24.3 Å². The van der Waals surface area contributed by atoms with Gasteiger partial charge in [0.1, 0.15) is 5.82 Å². The van der Waals surface area contributed by atoms with Gasteiger partial charge in [-0.25, -0.2) is 9.37 Å². The molecule has 0 amide bonds. The largest absolute Gasteiger partial charge is 0.415 e. The number of thioether (sulfide) groups is 2. The topological polar surface area (TPSA) is 51.8 Å². The molecule has 0 atom stereocenters. The van der Waals surface area contributed by atoms with Crippen LogP contribution in [-0.4, -0.2) is 15.2 Å². The second-order valence-corrected chi connectivity index (χ2v) is 9.32. The summed E-state index contributed by atoms with van der Waals surface area (Å²) in [5.74, 6) is 1.28. The van der Waals surface area contributed by atoms with E-state index in [0.717, 1.165) is 19.0 Å². The number of hydrogen-bond donors (Lipinski definition) is 0. The first-order chi connectivity index (χ1) is 12.7. The standard InChI is InChI=1S/C17H11BrFN3OS3/c18-11-6-5-10(12(19)7-11)8-24-16-22-21-15(23-16)9-25-17-20-13-3-1-2-4-14(13)26-17/h1-7H,8-9H2. The smallest absolute Gasteiger partial charge is 0.276 e. The molecule has 2 aromatic heterocycles. The van der Waals surface area contributed by atoms with E-state index in [1.165, 1.54) is 17.8 Å². The molecule has 2 heterocycles. The number of nitrogens with zero attached hydrogens (tertiary/aromatic N) is 3. The molecule has 0 bridgehead atoms. The molecule has 0 aliphatic rings. The Labute approximate surface area is 169 Å². The number of benzene rings is 2. The van der Waals surface area contributed by atoms with Gasteiger partial charge in [-0.1, -0.05) is 57.7 Å². The summed E-state index contributed by atoms with van der Waals surface area (Å²) in [6, 6.07) is 13.0. The highest BCUT2D eigenvalue weighted by Crippen LogP contribution is 2.32. The van der Waals surface area contributed by atoms with Crippen molar-refractivity contribution in [1.82, 2.24) is 15.2 Å². The minimum Gasteiger partial charge on any atom is -0.415 e. The van der Waals surface area contributed by atoms with Crippen LogP contribution < -0.4 is 0 Å². The van der Waals surface area contributed by atoms with Crippen LogP contribution in [0, 0.1) is 5.82 Å². The van der Waals surface area contributed by atoms with Crippen LogP contribution in [0.15, 0.2) is 60.9 Å². The van der Waals surface area contributed by atoms with Gasteiger partial charge in [0.05, 0.1) is 16.0 Å². The van der Waals surface area contributed by atoms with Gasteiger partial charge in [-0.3, -0.25) is 0 Å². The van der Waals surface area contributed by atoms with E-state index in [-0.39, 0.29) is 5.82 Å². The van der Waals surface area contributed by atoms with Crippen molar-refractivity contribution in [3.05, 3.63) is 64.2 Å². The molecule has 132 valence electrons. The van der Waals surface area contributed by atoms with Crippen molar-refractivity contribution >= 4 is 61.0 Å². The van der Waals surface area contributed by atoms with Crippen molar-refractivity contribution in [2.45, 2.75) is 21.1 Å². The molecule has 4 nitrogen and oxygen atoms in total. The van der Waals surface area contributed by atoms with Gasteiger partial charge in [-0.15, -0.1) is 21.5 Å². The zero-order valence-corrected chi connectivity index (χ0v) is 17.2. The summed E-state index contributed by atoms with van der Waals surface area (Å²) in [7, 11) is 0.